The molecule has 0 saturated carbocycles. The Morgan fingerprint density at radius 1 is 1.11 bits per heavy atom. The van der Waals surface area contributed by atoms with Gasteiger partial charge in [0.15, 0.2) is 0 Å². The van der Waals surface area contributed by atoms with Crippen molar-refractivity contribution in [3.05, 3.63) is 48.0 Å². The van der Waals surface area contributed by atoms with Crippen molar-refractivity contribution in [1.29, 1.82) is 0 Å². The average Bonchev–Trinajstić information content (AvgIpc) is 2.46. The molecule has 0 aliphatic rings. The van der Waals surface area contributed by atoms with Crippen molar-refractivity contribution >= 4 is 16.7 Å². The number of carbonyl (C=O) groups excluding carboxylic acids is 1. The van der Waals surface area contributed by atoms with Crippen LogP contribution in [0, 0.1) is 0 Å². The van der Waals surface area contributed by atoms with Crippen molar-refractivity contribution in [3.63, 3.8) is 0 Å². The van der Waals surface area contributed by atoms with Gasteiger partial charge < -0.3 is 10.6 Å². The summed E-state index contributed by atoms with van der Waals surface area (Å²) in [5, 5.41) is 2.10. The normalized spacial score (nSPS) is 10.6. The highest BCUT2D eigenvalue weighted by Crippen LogP contribution is 2.20. The van der Waals surface area contributed by atoms with Crippen LogP contribution >= 0.6 is 0 Å². The van der Waals surface area contributed by atoms with E-state index in [0.717, 1.165) is 29.3 Å². The van der Waals surface area contributed by atoms with Gasteiger partial charge in [-0.25, -0.2) is 0 Å². The van der Waals surface area contributed by atoms with Crippen molar-refractivity contribution in [2.45, 2.75) is 13.3 Å². The second-order valence-corrected chi connectivity index (χ2v) is 4.61. The Bertz CT molecular complexity index is 554. The van der Waals surface area contributed by atoms with Gasteiger partial charge in [0.2, 0.25) is 0 Å². The molecule has 1 amide bonds. The number of benzene rings is 2. The van der Waals surface area contributed by atoms with Crippen LogP contribution in [-0.2, 0) is 0 Å². The maximum atomic E-state index is 12.6. The van der Waals surface area contributed by atoms with Gasteiger partial charge in [-0.3, -0.25) is 4.79 Å². The summed E-state index contributed by atoms with van der Waals surface area (Å²) in [5.41, 5.74) is 6.36. The number of hydrogen-bond donors (Lipinski definition) is 1. The number of rotatable bonds is 5. The average molecular weight is 256 g/mol. The lowest BCUT2D eigenvalue weighted by atomic mass is 10.0. The summed E-state index contributed by atoms with van der Waals surface area (Å²) in [6.07, 6.45) is 0.941. The third kappa shape index (κ3) is 2.93. The molecule has 0 aliphatic carbocycles. The van der Waals surface area contributed by atoms with Gasteiger partial charge in [-0.15, -0.1) is 0 Å². The Labute approximate surface area is 114 Å². The fourth-order valence-corrected chi connectivity index (χ4v) is 2.32. The number of fused-ring (bicyclic) bond motifs is 1. The number of amides is 1. The van der Waals surface area contributed by atoms with E-state index in [4.69, 9.17) is 5.73 Å². The zero-order valence-electron chi connectivity index (χ0n) is 11.3. The molecule has 0 saturated heterocycles. The van der Waals surface area contributed by atoms with Gasteiger partial charge in [-0.1, -0.05) is 43.3 Å². The van der Waals surface area contributed by atoms with Crippen LogP contribution in [0.1, 0.15) is 23.7 Å². The summed E-state index contributed by atoms with van der Waals surface area (Å²) in [5.74, 6) is 0.0732. The van der Waals surface area contributed by atoms with E-state index in [0.29, 0.717) is 13.1 Å². The molecule has 3 nitrogen and oxygen atoms in total. The zero-order chi connectivity index (χ0) is 13.7. The maximum Gasteiger partial charge on any atom is 0.254 e. The highest BCUT2D eigenvalue weighted by molar-refractivity contribution is 6.07. The molecule has 19 heavy (non-hydrogen) atoms. The van der Waals surface area contributed by atoms with Crippen molar-refractivity contribution in [2.75, 3.05) is 19.6 Å². The first-order valence-electron chi connectivity index (χ1n) is 6.75. The van der Waals surface area contributed by atoms with E-state index < -0.39 is 0 Å². The van der Waals surface area contributed by atoms with E-state index in [9.17, 15) is 4.79 Å². The number of nitrogens with two attached hydrogens (primary N) is 1. The first-order chi connectivity index (χ1) is 9.27. The predicted molar refractivity (Wildman–Crippen MR) is 79.2 cm³/mol. The van der Waals surface area contributed by atoms with Crippen molar-refractivity contribution in [3.8, 4) is 0 Å². The van der Waals surface area contributed by atoms with E-state index in [1.165, 1.54) is 0 Å². The molecule has 2 aromatic rings. The Balaban J connectivity index is 2.39. The zero-order valence-corrected chi connectivity index (χ0v) is 11.3. The van der Waals surface area contributed by atoms with E-state index in [1.54, 1.807) is 0 Å². The summed E-state index contributed by atoms with van der Waals surface area (Å²) in [4.78, 5) is 14.4. The molecule has 0 unspecified atom stereocenters. The summed E-state index contributed by atoms with van der Waals surface area (Å²) < 4.78 is 0. The molecule has 0 spiro atoms. The van der Waals surface area contributed by atoms with Crippen LogP contribution in [0.5, 0.6) is 0 Å². The van der Waals surface area contributed by atoms with Crippen LogP contribution in [0.25, 0.3) is 10.8 Å². The molecule has 2 aromatic carbocycles. The van der Waals surface area contributed by atoms with Crippen molar-refractivity contribution in [1.82, 2.24) is 4.90 Å². The molecular weight excluding hydrogens is 236 g/mol. The number of hydrogen-bond acceptors (Lipinski definition) is 2. The summed E-state index contributed by atoms with van der Waals surface area (Å²) >= 11 is 0. The third-order valence-electron chi connectivity index (χ3n) is 3.20. The Morgan fingerprint density at radius 3 is 2.58 bits per heavy atom. The van der Waals surface area contributed by atoms with E-state index in [1.807, 2.05) is 47.4 Å². The molecule has 0 fully saturated rings. The van der Waals surface area contributed by atoms with Gasteiger partial charge in [-0.05, 0) is 23.3 Å². The van der Waals surface area contributed by atoms with Crippen LogP contribution < -0.4 is 5.73 Å². The molecule has 2 N–H and O–H groups in total. The predicted octanol–water partition coefficient (Wildman–Crippen LogP) is 2.65. The van der Waals surface area contributed by atoms with Crippen molar-refractivity contribution < 1.29 is 4.79 Å². The van der Waals surface area contributed by atoms with Gasteiger partial charge in [-0.2, -0.15) is 0 Å². The van der Waals surface area contributed by atoms with Gasteiger partial charge in [0.05, 0.1) is 0 Å². The Kier molecular flexibility index (Phi) is 4.53. The van der Waals surface area contributed by atoms with Gasteiger partial charge >= 0.3 is 0 Å². The van der Waals surface area contributed by atoms with Crippen LogP contribution in [0.3, 0.4) is 0 Å². The molecule has 0 bridgehead atoms. The van der Waals surface area contributed by atoms with Gasteiger partial charge in [0, 0.05) is 25.2 Å². The van der Waals surface area contributed by atoms with E-state index >= 15 is 0 Å². The topological polar surface area (TPSA) is 46.3 Å². The first kappa shape index (κ1) is 13.6. The van der Waals surface area contributed by atoms with Gasteiger partial charge in [0.25, 0.3) is 5.91 Å². The molecule has 0 aliphatic heterocycles. The Morgan fingerprint density at radius 2 is 1.84 bits per heavy atom. The van der Waals surface area contributed by atoms with Crippen LogP contribution in [0.15, 0.2) is 42.5 Å². The minimum absolute atomic E-state index is 0.0732. The molecule has 0 atom stereocenters. The summed E-state index contributed by atoms with van der Waals surface area (Å²) in [6, 6.07) is 13.8. The van der Waals surface area contributed by atoms with Crippen LogP contribution in [0.2, 0.25) is 0 Å². The minimum atomic E-state index is 0.0732. The second kappa shape index (κ2) is 6.34. The molecule has 0 heterocycles. The molecule has 0 aromatic heterocycles. The largest absolute Gasteiger partial charge is 0.337 e. The number of carbonyl (C=O) groups is 1. The summed E-state index contributed by atoms with van der Waals surface area (Å²) in [7, 11) is 0. The van der Waals surface area contributed by atoms with Gasteiger partial charge in [0.1, 0.15) is 0 Å². The lowest BCUT2D eigenvalue weighted by Gasteiger charge is -2.22. The smallest absolute Gasteiger partial charge is 0.254 e. The van der Waals surface area contributed by atoms with E-state index in [2.05, 4.69) is 6.92 Å². The van der Waals surface area contributed by atoms with Crippen LogP contribution in [0.4, 0.5) is 0 Å². The third-order valence-corrected chi connectivity index (χ3v) is 3.20. The minimum Gasteiger partial charge on any atom is -0.337 e. The molecule has 0 radical (unpaired) electrons. The second-order valence-electron chi connectivity index (χ2n) is 4.61. The fourth-order valence-electron chi connectivity index (χ4n) is 2.32. The Hall–Kier alpha value is -1.87. The first-order valence-corrected chi connectivity index (χ1v) is 6.75. The fraction of sp³-hybridized carbons (Fsp3) is 0.312. The summed E-state index contributed by atoms with van der Waals surface area (Å²) in [6.45, 7) is 3.92. The quantitative estimate of drug-likeness (QED) is 0.894. The SMILES string of the molecule is CCCN(CCN)C(=O)c1cccc2ccccc12. The van der Waals surface area contributed by atoms with Crippen molar-refractivity contribution in [2.24, 2.45) is 5.73 Å². The highest BCUT2D eigenvalue weighted by atomic mass is 16.2. The monoisotopic (exact) mass is 256 g/mol. The van der Waals surface area contributed by atoms with E-state index in [-0.39, 0.29) is 5.91 Å². The lowest BCUT2D eigenvalue weighted by molar-refractivity contribution is 0.0762. The molecule has 2 rings (SSSR count). The standard InChI is InChI=1S/C16H20N2O/c1-2-11-18(12-10-17)16(19)15-9-5-7-13-6-3-4-8-14(13)15/h3-9H,2,10-12,17H2,1H3. The lowest BCUT2D eigenvalue weighted by Crippen LogP contribution is -2.36. The number of nitrogens with zero attached hydrogens (tertiary/aromatic N) is 1. The molecule has 3 heteroatoms. The van der Waals surface area contributed by atoms with Crippen LogP contribution in [-0.4, -0.2) is 30.4 Å². The maximum absolute atomic E-state index is 12.6. The molecular formula is C16H20N2O. The highest BCUT2D eigenvalue weighted by Gasteiger charge is 2.16. The molecule has 100 valence electrons.